The number of ether oxygens (including phenoxy) is 1. The van der Waals surface area contributed by atoms with E-state index in [9.17, 15) is 0 Å². The quantitative estimate of drug-likeness (QED) is 0.359. The highest BCUT2D eigenvalue weighted by Crippen LogP contribution is 2.08. The second-order valence-electron chi connectivity index (χ2n) is 5.16. The lowest BCUT2D eigenvalue weighted by Crippen LogP contribution is -2.45. The van der Waals surface area contributed by atoms with Crippen LogP contribution in [0.2, 0.25) is 0 Å². The van der Waals surface area contributed by atoms with Crippen LogP contribution in [-0.4, -0.2) is 24.7 Å². The molecule has 1 aromatic rings. The number of aliphatic imine (C=N–C) groups is 1. The molecule has 0 aliphatic rings. The standard InChI is InChI=1S/C14H23N3O.HI/c1-14(2,3)17-13(15)16-10-7-11-18-12-8-5-4-6-9-12;/h4-6,8-9H,7,10-11H2,1-3H3,(H3,15,16,17);1H. The van der Waals surface area contributed by atoms with Crippen LogP contribution in [0.15, 0.2) is 35.3 Å². The first-order valence-corrected chi connectivity index (χ1v) is 6.23. The molecule has 0 heterocycles. The molecule has 0 bridgehead atoms. The third kappa shape index (κ3) is 9.58. The molecule has 19 heavy (non-hydrogen) atoms. The van der Waals surface area contributed by atoms with Gasteiger partial charge in [0.2, 0.25) is 0 Å². The van der Waals surface area contributed by atoms with Crippen molar-refractivity contribution in [3.8, 4) is 5.75 Å². The molecule has 108 valence electrons. The Hall–Kier alpha value is -0.980. The number of hydrogen-bond donors (Lipinski definition) is 2. The third-order valence-corrected chi connectivity index (χ3v) is 2.10. The van der Waals surface area contributed by atoms with Crippen molar-refractivity contribution in [3.05, 3.63) is 30.3 Å². The van der Waals surface area contributed by atoms with E-state index in [1.54, 1.807) is 0 Å². The van der Waals surface area contributed by atoms with Crippen molar-refractivity contribution in [1.82, 2.24) is 5.32 Å². The number of para-hydroxylation sites is 1. The highest BCUT2D eigenvalue weighted by Gasteiger charge is 2.09. The summed E-state index contributed by atoms with van der Waals surface area (Å²) in [6.45, 7) is 7.47. The number of nitrogens with two attached hydrogens (primary N) is 1. The second kappa shape index (κ2) is 9.01. The molecule has 0 saturated carbocycles. The van der Waals surface area contributed by atoms with E-state index in [4.69, 9.17) is 10.5 Å². The minimum atomic E-state index is -0.0475. The van der Waals surface area contributed by atoms with Gasteiger partial charge >= 0.3 is 0 Å². The summed E-state index contributed by atoms with van der Waals surface area (Å²) in [6, 6.07) is 9.77. The molecule has 3 N–H and O–H groups in total. The second-order valence-corrected chi connectivity index (χ2v) is 5.16. The molecule has 0 saturated heterocycles. The maximum Gasteiger partial charge on any atom is 0.188 e. The molecular weight excluding hydrogens is 353 g/mol. The van der Waals surface area contributed by atoms with Gasteiger partial charge < -0.3 is 15.8 Å². The molecule has 5 heteroatoms. The van der Waals surface area contributed by atoms with E-state index in [0.29, 0.717) is 19.1 Å². The van der Waals surface area contributed by atoms with Gasteiger partial charge in [0.05, 0.1) is 6.61 Å². The highest BCUT2D eigenvalue weighted by atomic mass is 127. The van der Waals surface area contributed by atoms with Crippen molar-refractivity contribution in [2.75, 3.05) is 13.2 Å². The Balaban J connectivity index is 0.00000324. The zero-order chi connectivity index (χ0) is 13.4. The summed E-state index contributed by atoms with van der Waals surface area (Å²) in [5.41, 5.74) is 5.70. The van der Waals surface area contributed by atoms with Gasteiger partial charge in [0.15, 0.2) is 5.96 Å². The summed E-state index contributed by atoms with van der Waals surface area (Å²) in [7, 11) is 0. The van der Waals surface area contributed by atoms with Crippen LogP contribution in [-0.2, 0) is 0 Å². The number of rotatable bonds is 5. The zero-order valence-corrected chi connectivity index (χ0v) is 14.2. The first-order valence-electron chi connectivity index (χ1n) is 6.23. The maximum absolute atomic E-state index is 5.75. The average Bonchev–Trinajstić information content (AvgIpc) is 2.27. The SMILES string of the molecule is CC(C)(C)NC(N)=NCCCOc1ccccc1.I. The number of benzene rings is 1. The fourth-order valence-electron chi connectivity index (χ4n) is 1.39. The van der Waals surface area contributed by atoms with Gasteiger partial charge in [0.1, 0.15) is 5.75 Å². The molecule has 0 atom stereocenters. The minimum Gasteiger partial charge on any atom is -0.494 e. The maximum atomic E-state index is 5.75. The number of hydrogen-bond acceptors (Lipinski definition) is 2. The summed E-state index contributed by atoms with van der Waals surface area (Å²) in [5.74, 6) is 1.38. The topological polar surface area (TPSA) is 59.6 Å². The molecule has 0 aliphatic heterocycles. The molecule has 0 radical (unpaired) electrons. The molecular formula is C14H24IN3O. The highest BCUT2D eigenvalue weighted by molar-refractivity contribution is 14.0. The van der Waals surface area contributed by atoms with Gasteiger partial charge in [-0.3, -0.25) is 4.99 Å². The molecule has 0 spiro atoms. The number of nitrogens with zero attached hydrogens (tertiary/aromatic N) is 1. The zero-order valence-electron chi connectivity index (χ0n) is 11.8. The van der Waals surface area contributed by atoms with Gasteiger partial charge in [-0.1, -0.05) is 18.2 Å². The van der Waals surface area contributed by atoms with E-state index in [-0.39, 0.29) is 29.5 Å². The van der Waals surface area contributed by atoms with Crippen molar-refractivity contribution in [2.45, 2.75) is 32.7 Å². The summed E-state index contributed by atoms with van der Waals surface area (Å²) in [5, 5.41) is 3.11. The van der Waals surface area contributed by atoms with E-state index >= 15 is 0 Å². The Bertz CT molecular complexity index is 374. The van der Waals surface area contributed by atoms with Crippen molar-refractivity contribution >= 4 is 29.9 Å². The van der Waals surface area contributed by atoms with E-state index < -0.39 is 0 Å². The lowest BCUT2D eigenvalue weighted by Gasteiger charge is -2.20. The van der Waals surface area contributed by atoms with Crippen molar-refractivity contribution in [3.63, 3.8) is 0 Å². The summed E-state index contributed by atoms with van der Waals surface area (Å²) in [4.78, 5) is 4.24. The van der Waals surface area contributed by atoms with E-state index in [1.807, 2.05) is 51.1 Å². The third-order valence-electron chi connectivity index (χ3n) is 2.10. The first-order chi connectivity index (χ1) is 8.47. The van der Waals surface area contributed by atoms with Gasteiger partial charge in [-0.25, -0.2) is 0 Å². The first kappa shape index (κ1) is 18.0. The van der Waals surface area contributed by atoms with Crippen LogP contribution in [0, 0.1) is 0 Å². The average molecular weight is 377 g/mol. The minimum absolute atomic E-state index is 0. The van der Waals surface area contributed by atoms with Crippen molar-refractivity contribution < 1.29 is 4.74 Å². The van der Waals surface area contributed by atoms with Crippen molar-refractivity contribution in [2.24, 2.45) is 10.7 Å². The summed E-state index contributed by atoms with van der Waals surface area (Å²) in [6.07, 6.45) is 0.849. The van der Waals surface area contributed by atoms with Gasteiger partial charge in [0, 0.05) is 18.5 Å². The molecule has 0 aromatic heterocycles. The molecule has 1 aromatic carbocycles. The molecule has 0 fully saturated rings. The Morgan fingerprint density at radius 3 is 2.47 bits per heavy atom. The van der Waals surface area contributed by atoms with E-state index in [1.165, 1.54) is 0 Å². The van der Waals surface area contributed by atoms with Crippen LogP contribution < -0.4 is 15.8 Å². The molecule has 4 nitrogen and oxygen atoms in total. The van der Waals surface area contributed by atoms with Crippen LogP contribution >= 0.6 is 24.0 Å². The lowest BCUT2D eigenvalue weighted by molar-refractivity contribution is 0.313. The Labute approximate surface area is 132 Å². The van der Waals surface area contributed by atoms with Crippen LogP contribution in [0.1, 0.15) is 27.2 Å². The predicted molar refractivity (Wildman–Crippen MR) is 91.3 cm³/mol. The molecule has 1 rings (SSSR count). The van der Waals surface area contributed by atoms with Crippen LogP contribution in [0.5, 0.6) is 5.75 Å². The Morgan fingerprint density at radius 2 is 1.89 bits per heavy atom. The Kier molecular flexibility index (Phi) is 8.54. The van der Waals surface area contributed by atoms with Gasteiger partial charge in [0.25, 0.3) is 0 Å². The molecule has 0 aliphatic carbocycles. The smallest absolute Gasteiger partial charge is 0.188 e. The fourth-order valence-corrected chi connectivity index (χ4v) is 1.39. The number of nitrogens with one attached hydrogen (secondary N) is 1. The largest absolute Gasteiger partial charge is 0.494 e. The number of guanidine groups is 1. The predicted octanol–water partition coefficient (Wildman–Crippen LogP) is 2.78. The summed E-state index contributed by atoms with van der Waals surface area (Å²) >= 11 is 0. The van der Waals surface area contributed by atoms with Crippen LogP contribution in [0.25, 0.3) is 0 Å². The monoisotopic (exact) mass is 377 g/mol. The van der Waals surface area contributed by atoms with E-state index in [2.05, 4.69) is 10.3 Å². The fraction of sp³-hybridized carbons (Fsp3) is 0.500. The van der Waals surface area contributed by atoms with Crippen molar-refractivity contribution in [1.29, 1.82) is 0 Å². The lowest BCUT2D eigenvalue weighted by atomic mass is 10.1. The molecule has 0 amide bonds. The van der Waals surface area contributed by atoms with Crippen LogP contribution in [0.3, 0.4) is 0 Å². The number of halogens is 1. The van der Waals surface area contributed by atoms with Gasteiger partial charge in [-0.15, -0.1) is 24.0 Å². The summed E-state index contributed by atoms with van der Waals surface area (Å²) < 4.78 is 5.56. The Morgan fingerprint density at radius 1 is 1.26 bits per heavy atom. The molecule has 0 unspecified atom stereocenters. The van der Waals surface area contributed by atoms with Gasteiger partial charge in [-0.05, 0) is 32.9 Å². The normalized spacial score (nSPS) is 11.6. The van der Waals surface area contributed by atoms with Gasteiger partial charge in [-0.2, -0.15) is 0 Å². The van der Waals surface area contributed by atoms with E-state index in [0.717, 1.165) is 12.2 Å². The van der Waals surface area contributed by atoms with Crippen LogP contribution in [0.4, 0.5) is 0 Å².